The van der Waals surface area contributed by atoms with Crippen molar-refractivity contribution < 1.29 is 22.8 Å². The molecule has 0 bridgehead atoms. The first-order valence-electron chi connectivity index (χ1n) is 11.4. The van der Waals surface area contributed by atoms with Gasteiger partial charge in [-0.15, -0.1) is 4.31 Å². The van der Waals surface area contributed by atoms with Crippen molar-refractivity contribution >= 4 is 23.0 Å². The molecule has 1 aromatic heterocycles. The second-order valence-corrected chi connectivity index (χ2v) is 10.6. The van der Waals surface area contributed by atoms with Gasteiger partial charge in [-0.25, -0.2) is 4.98 Å². The highest BCUT2D eigenvalue weighted by Crippen LogP contribution is 2.35. The number of hydrogen-bond donors (Lipinski definition) is 3. The summed E-state index contributed by atoms with van der Waals surface area (Å²) in [5.41, 5.74) is -0.100. The minimum absolute atomic E-state index is 0.0532. The smallest absolute Gasteiger partial charge is 0.423 e. The minimum atomic E-state index is -4.71. The van der Waals surface area contributed by atoms with Crippen LogP contribution in [0.15, 0.2) is 35.4 Å². The number of benzene rings is 1. The monoisotopic (exact) mass is 496 g/mol. The van der Waals surface area contributed by atoms with Crippen LogP contribution in [0, 0.1) is 11.8 Å². The zero-order valence-electron chi connectivity index (χ0n) is 18.5. The van der Waals surface area contributed by atoms with E-state index in [4.69, 9.17) is 0 Å². The quantitative estimate of drug-likeness (QED) is 0.543. The molecule has 34 heavy (non-hydrogen) atoms. The number of aromatic hydroxyl groups is 1. The largest absolute Gasteiger partial charge is 0.593 e. The number of halogens is 3. The van der Waals surface area contributed by atoms with Crippen LogP contribution in [0.2, 0.25) is 0 Å². The fourth-order valence-electron chi connectivity index (χ4n) is 4.98. The highest BCUT2D eigenvalue weighted by Gasteiger charge is 2.37. The van der Waals surface area contributed by atoms with Crippen LogP contribution in [0.4, 0.5) is 24.8 Å². The van der Waals surface area contributed by atoms with Crippen LogP contribution in [0.1, 0.15) is 18.4 Å². The zero-order chi connectivity index (χ0) is 23.9. The summed E-state index contributed by atoms with van der Waals surface area (Å²) >= 11 is -1.28. The Balaban J connectivity index is 1.13. The molecule has 3 aliphatic heterocycles. The van der Waals surface area contributed by atoms with Crippen LogP contribution < -0.4 is 15.5 Å². The number of piperidine rings is 1. The molecule has 1 aromatic carbocycles. The van der Waals surface area contributed by atoms with Crippen molar-refractivity contribution in [3.63, 3.8) is 0 Å². The van der Waals surface area contributed by atoms with E-state index in [1.807, 2.05) is 28.6 Å². The summed E-state index contributed by atoms with van der Waals surface area (Å²) in [5, 5.41) is 16.0. The van der Waals surface area contributed by atoms with Gasteiger partial charge in [0.05, 0.1) is 11.4 Å². The van der Waals surface area contributed by atoms with Crippen LogP contribution in [0.5, 0.6) is 5.88 Å². The lowest BCUT2D eigenvalue weighted by atomic mass is 10.0. The van der Waals surface area contributed by atoms with E-state index in [2.05, 4.69) is 25.5 Å². The summed E-state index contributed by atoms with van der Waals surface area (Å²) in [6, 6.07) is 7.87. The zero-order valence-corrected chi connectivity index (χ0v) is 19.3. The van der Waals surface area contributed by atoms with Gasteiger partial charge < -0.3 is 25.2 Å². The summed E-state index contributed by atoms with van der Waals surface area (Å²) in [5.74, 6) is 0.268. The van der Waals surface area contributed by atoms with E-state index in [0.717, 1.165) is 36.8 Å². The van der Waals surface area contributed by atoms with Crippen LogP contribution >= 0.6 is 0 Å². The van der Waals surface area contributed by atoms with E-state index >= 15 is 0 Å². The lowest BCUT2D eigenvalue weighted by Crippen LogP contribution is -2.42. The Labute approximate surface area is 198 Å². The van der Waals surface area contributed by atoms with Crippen LogP contribution in [-0.4, -0.2) is 69.2 Å². The first kappa shape index (κ1) is 23.5. The average molecular weight is 497 g/mol. The molecule has 3 unspecified atom stereocenters. The predicted octanol–water partition coefficient (Wildman–Crippen LogP) is 2.46. The number of rotatable bonds is 5. The molecule has 5 rings (SSSR count). The van der Waals surface area contributed by atoms with E-state index in [0.29, 0.717) is 44.0 Å². The molecular weight excluding hydrogens is 469 g/mol. The second kappa shape index (κ2) is 9.40. The molecule has 0 amide bonds. The Hall–Kier alpha value is -2.28. The number of alkyl halides is 3. The topological polar surface area (TPSA) is 99.6 Å². The maximum absolute atomic E-state index is 13.1. The first-order valence-corrected chi connectivity index (χ1v) is 12.5. The van der Waals surface area contributed by atoms with Crippen molar-refractivity contribution in [1.82, 2.24) is 19.6 Å². The third kappa shape index (κ3) is 4.90. The number of aromatic nitrogens is 2. The maximum Gasteiger partial charge on any atom is 0.423 e. The van der Waals surface area contributed by atoms with Gasteiger partial charge in [0.15, 0.2) is 4.90 Å². The van der Waals surface area contributed by atoms with E-state index in [9.17, 15) is 22.8 Å². The standard InChI is InChI=1S/C22H27F3N6O2S/c23-22(24,25)19-11-27-21(29-20(19)32)28-16-5-7-31(8-6-16)34(33)18-3-1-17(2-4-18)30-12-14-9-26-10-15(14)13-30/h1-4,11,14-16,26H,5-10,12-13H2,(H2,27,28,29,32). The molecule has 2 aromatic rings. The van der Waals surface area contributed by atoms with Crippen molar-refractivity contribution in [2.75, 3.05) is 49.5 Å². The van der Waals surface area contributed by atoms with Gasteiger partial charge in [-0.05, 0) is 48.9 Å². The molecule has 4 heterocycles. The fourth-order valence-corrected chi connectivity index (χ4v) is 6.19. The van der Waals surface area contributed by atoms with E-state index in [1.165, 1.54) is 0 Å². The molecular formula is C22H27F3N6O2S. The lowest BCUT2D eigenvalue weighted by Gasteiger charge is -2.32. The number of anilines is 2. The average Bonchev–Trinajstić information content (AvgIpc) is 3.41. The Kier molecular flexibility index (Phi) is 6.49. The number of nitrogens with zero attached hydrogens (tertiary/aromatic N) is 4. The van der Waals surface area contributed by atoms with Crippen LogP contribution in [-0.2, 0) is 17.5 Å². The second-order valence-electron chi connectivity index (χ2n) is 9.10. The first-order chi connectivity index (χ1) is 16.3. The molecule has 8 nitrogen and oxygen atoms in total. The minimum Gasteiger partial charge on any atom is -0.593 e. The molecule has 3 N–H and O–H groups in total. The van der Waals surface area contributed by atoms with Crippen molar-refractivity contribution in [2.24, 2.45) is 11.8 Å². The van der Waals surface area contributed by atoms with Crippen LogP contribution in [0.3, 0.4) is 0 Å². The molecule has 12 heteroatoms. The van der Waals surface area contributed by atoms with Crippen molar-refractivity contribution in [2.45, 2.75) is 30.0 Å². The molecule has 0 radical (unpaired) electrons. The highest BCUT2D eigenvalue weighted by molar-refractivity contribution is 7.89. The molecule has 0 saturated carbocycles. The number of hydrogen-bond acceptors (Lipinski definition) is 8. The van der Waals surface area contributed by atoms with Gasteiger partial charge in [-0.1, -0.05) is 0 Å². The van der Waals surface area contributed by atoms with Crippen molar-refractivity contribution in [1.29, 1.82) is 0 Å². The highest BCUT2D eigenvalue weighted by atomic mass is 32.2. The van der Waals surface area contributed by atoms with E-state index in [1.54, 1.807) is 0 Å². The van der Waals surface area contributed by atoms with Gasteiger partial charge in [0, 0.05) is 57.2 Å². The molecule has 3 fully saturated rings. The van der Waals surface area contributed by atoms with Crippen LogP contribution in [0.25, 0.3) is 0 Å². The Bertz CT molecular complexity index is 991. The molecule has 184 valence electrons. The fraction of sp³-hybridized carbons (Fsp3) is 0.545. The maximum atomic E-state index is 13.1. The lowest BCUT2D eigenvalue weighted by molar-refractivity contribution is -0.139. The summed E-state index contributed by atoms with van der Waals surface area (Å²) in [6.07, 6.45) is -2.88. The normalized spacial score (nSPS) is 24.9. The Morgan fingerprint density at radius 3 is 2.32 bits per heavy atom. The SMILES string of the molecule is [O-][S+](c1ccc(N2CC3CNCC3C2)cc1)N1CCC(Nc2ncc(C(F)(F)F)c(O)n2)CC1. The number of nitrogens with one attached hydrogen (secondary N) is 2. The van der Waals surface area contributed by atoms with Gasteiger partial charge in [0.1, 0.15) is 5.56 Å². The molecule has 3 atom stereocenters. The van der Waals surface area contributed by atoms with E-state index in [-0.39, 0.29) is 12.0 Å². The Morgan fingerprint density at radius 1 is 1.09 bits per heavy atom. The summed E-state index contributed by atoms with van der Waals surface area (Å²) in [4.78, 5) is 10.4. The molecule has 0 aliphatic carbocycles. The van der Waals surface area contributed by atoms with Crippen molar-refractivity contribution in [3.05, 3.63) is 36.0 Å². The Morgan fingerprint density at radius 2 is 1.74 bits per heavy atom. The summed E-state index contributed by atoms with van der Waals surface area (Å²) in [7, 11) is 0. The van der Waals surface area contributed by atoms with Crippen molar-refractivity contribution in [3.8, 4) is 5.88 Å². The van der Waals surface area contributed by atoms with E-state index < -0.39 is 29.0 Å². The third-order valence-corrected chi connectivity index (χ3v) is 8.40. The summed E-state index contributed by atoms with van der Waals surface area (Å²) in [6.45, 7) is 5.39. The molecule has 0 spiro atoms. The summed E-state index contributed by atoms with van der Waals surface area (Å²) < 4.78 is 53.2. The third-order valence-electron chi connectivity index (χ3n) is 6.89. The van der Waals surface area contributed by atoms with Gasteiger partial charge in [0.2, 0.25) is 11.8 Å². The number of fused-ring (bicyclic) bond motifs is 1. The predicted molar refractivity (Wildman–Crippen MR) is 122 cm³/mol. The molecule has 3 aliphatic rings. The van der Waals surface area contributed by atoms with Gasteiger partial charge in [-0.3, -0.25) is 0 Å². The van der Waals surface area contributed by atoms with Gasteiger partial charge >= 0.3 is 6.18 Å². The molecule has 3 saturated heterocycles. The van der Waals surface area contributed by atoms with Gasteiger partial charge in [-0.2, -0.15) is 18.2 Å². The van der Waals surface area contributed by atoms with Gasteiger partial charge in [0.25, 0.3) is 0 Å².